The van der Waals surface area contributed by atoms with E-state index in [1.165, 1.54) is 6.07 Å². The van der Waals surface area contributed by atoms with Crippen LogP contribution in [0.25, 0.3) is 0 Å². The van der Waals surface area contributed by atoms with Gasteiger partial charge >= 0.3 is 0 Å². The van der Waals surface area contributed by atoms with E-state index >= 15 is 0 Å². The fourth-order valence-corrected chi connectivity index (χ4v) is 5.91. The fourth-order valence-electron chi connectivity index (χ4n) is 5.91. The Balaban J connectivity index is 1.27. The molecule has 0 spiro atoms. The van der Waals surface area contributed by atoms with Crippen molar-refractivity contribution >= 4 is 35.5 Å². The van der Waals surface area contributed by atoms with Crippen LogP contribution in [0.3, 0.4) is 0 Å². The Hall–Kier alpha value is -3.27. The third kappa shape index (κ3) is 3.99. The molecule has 35 heavy (non-hydrogen) atoms. The van der Waals surface area contributed by atoms with Crippen molar-refractivity contribution in [3.63, 3.8) is 0 Å². The average Bonchev–Trinajstić information content (AvgIpc) is 3.21. The minimum Gasteiger partial charge on any atom is -0.367 e. The molecule has 2 amide bonds. The normalized spacial score (nSPS) is 27.0. The van der Waals surface area contributed by atoms with E-state index in [-0.39, 0.29) is 23.2 Å². The quantitative estimate of drug-likeness (QED) is 0.498. The summed E-state index contributed by atoms with van der Waals surface area (Å²) in [5.74, 6) is 1.12. The molecule has 1 aromatic heterocycles. The number of nitrogens with zero attached hydrogens (tertiary/aromatic N) is 4. The Morgan fingerprint density at radius 2 is 2.03 bits per heavy atom. The number of carbonyl (C=O) groups excluding carboxylic acids is 2. The summed E-state index contributed by atoms with van der Waals surface area (Å²) in [6.45, 7) is 3.86. The zero-order valence-electron chi connectivity index (χ0n) is 19.6. The Morgan fingerprint density at radius 3 is 2.66 bits per heavy atom. The molecule has 5 aliphatic rings. The topological polar surface area (TPSA) is 102 Å². The molecule has 3 aliphatic carbocycles. The van der Waals surface area contributed by atoms with E-state index < -0.39 is 0 Å². The summed E-state index contributed by atoms with van der Waals surface area (Å²) in [4.78, 5) is 37.4. The van der Waals surface area contributed by atoms with Gasteiger partial charge in [0.2, 0.25) is 18.3 Å². The SMILES string of the molecule is O=CN(c1nc(Nc2ccc(N3CCNCC3)c(F)c2)ncc1C[C@@H]1CCNC1=O)C12CC(C1)C2. The van der Waals surface area contributed by atoms with Gasteiger partial charge in [0.05, 0.1) is 5.69 Å². The smallest absolute Gasteiger partial charge is 0.229 e. The lowest BCUT2D eigenvalue weighted by molar-refractivity contribution is -0.122. The van der Waals surface area contributed by atoms with Crippen LogP contribution in [-0.4, -0.2) is 60.5 Å². The van der Waals surface area contributed by atoms with Gasteiger partial charge in [0.25, 0.3) is 0 Å². The summed E-state index contributed by atoms with van der Waals surface area (Å²) in [6.07, 6.45) is 6.76. The number of amides is 2. The van der Waals surface area contributed by atoms with E-state index in [1.54, 1.807) is 17.2 Å². The predicted octanol–water partition coefficient (Wildman–Crippen LogP) is 1.96. The summed E-state index contributed by atoms with van der Waals surface area (Å²) in [6, 6.07) is 5.05. The Morgan fingerprint density at radius 1 is 1.23 bits per heavy atom. The van der Waals surface area contributed by atoms with Crippen LogP contribution in [0.4, 0.5) is 27.5 Å². The van der Waals surface area contributed by atoms with E-state index in [1.807, 2.05) is 11.0 Å². The summed E-state index contributed by atoms with van der Waals surface area (Å²) in [5.41, 5.74) is 1.74. The highest BCUT2D eigenvalue weighted by atomic mass is 19.1. The van der Waals surface area contributed by atoms with Crippen LogP contribution in [0, 0.1) is 17.7 Å². The second-order valence-corrected chi connectivity index (χ2v) is 10.2. The maximum atomic E-state index is 14.9. The van der Waals surface area contributed by atoms with Crippen molar-refractivity contribution in [1.82, 2.24) is 20.6 Å². The lowest BCUT2D eigenvalue weighted by Gasteiger charge is -2.65. The zero-order valence-corrected chi connectivity index (χ0v) is 19.6. The third-order valence-electron chi connectivity index (χ3n) is 7.98. The molecule has 2 saturated heterocycles. The van der Waals surface area contributed by atoms with Gasteiger partial charge in [0.15, 0.2) is 0 Å². The number of halogens is 1. The van der Waals surface area contributed by atoms with Gasteiger partial charge < -0.3 is 20.9 Å². The highest BCUT2D eigenvalue weighted by Gasteiger charge is 2.61. The molecule has 0 unspecified atom stereocenters. The highest BCUT2D eigenvalue weighted by Crippen LogP contribution is 2.61. The molecular weight excluding hydrogens is 449 g/mol. The Kier molecular flexibility index (Phi) is 5.55. The number of hydrogen-bond donors (Lipinski definition) is 3. The molecule has 7 rings (SSSR count). The van der Waals surface area contributed by atoms with E-state index in [9.17, 15) is 14.0 Å². The average molecular weight is 480 g/mol. The van der Waals surface area contributed by atoms with Crippen LogP contribution in [0.15, 0.2) is 24.4 Å². The van der Waals surface area contributed by atoms with Crippen molar-refractivity contribution < 1.29 is 14.0 Å². The molecule has 3 saturated carbocycles. The van der Waals surface area contributed by atoms with Crippen LogP contribution in [0.1, 0.15) is 31.2 Å². The standard InChI is InChI=1S/C25H30FN7O2/c26-20-10-19(1-2-21(20)32-7-5-27-6-8-32)30-24-29-14-18(9-17-3-4-28-23(17)35)22(31-24)33(15-34)25-11-16(12-25)13-25/h1-2,10,14-17,27H,3-9,11-13H2,(H,28,35)(H,29,30,31)/t16?,17-,25?/m0/s1. The van der Waals surface area contributed by atoms with Crippen molar-refractivity contribution in [1.29, 1.82) is 0 Å². The van der Waals surface area contributed by atoms with Crippen molar-refractivity contribution in [2.75, 3.05) is 47.8 Å². The molecule has 3 N–H and O–H groups in total. The fraction of sp³-hybridized carbons (Fsp3) is 0.520. The van der Waals surface area contributed by atoms with Crippen LogP contribution in [-0.2, 0) is 16.0 Å². The highest BCUT2D eigenvalue weighted by molar-refractivity contribution is 5.82. The summed E-state index contributed by atoms with van der Waals surface area (Å²) in [5, 5.41) is 9.26. The van der Waals surface area contributed by atoms with Crippen molar-refractivity contribution in [2.45, 2.75) is 37.6 Å². The number of rotatable bonds is 8. The van der Waals surface area contributed by atoms with E-state index in [0.717, 1.165) is 63.8 Å². The first-order valence-corrected chi connectivity index (χ1v) is 12.5. The van der Waals surface area contributed by atoms with Crippen LogP contribution < -0.4 is 25.8 Å². The molecule has 2 aromatic rings. The van der Waals surface area contributed by atoms with Crippen LogP contribution in [0.2, 0.25) is 0 Å². The number of piperazine rings is 1. The lowest BCUT2D eigenvalue weighted by atomic mass is 9.49. The van der Waals surface area contributed by atoms with Crippen LogP contribution in [0.5, 0.6) is 0 Å². The van der Waals surface area contributed by atoms with Gasteiger partial charge in [-0.3, -0.25) is 14.5 Å². The molecule has 2 aliphatic heterocycles. The Labute approximate surface area is 203 Å². The molecule has 0 radical (unpaired) electrons. The zero-order chi connectivity index (χ0) is 24.0. The predicted molar refractivity (Wildman–Crippen MR) is 130 cm³/mol. The summed E-state index contributed by atoms with van der Waals surface area (Å²) < 4.78 is 14.9. The molecule has 2 bridgehead atoms. The van der Waals surface area contributed by atoms with E-state index in [0.29, 0.717) is 42.0 Å². The minimum absolute atomic E-state index is 0.0290. The molecule has 9 nitrogen and oxygen atoms in total. The first kappa shape index (κ1) is 22.2. The van der Waals surface area contributed by atoms with Gasteiger partial charge in [-0.05, 0) is 56.2 Å². The number of nitrogens with one attached hydrogen (secondary N) is 3. The van der Waals surface area contributed by atoms with Gasteiger partial charge in [0, 0.05) is 61.6 Å². The maximum Gasteiger partial charge on any atom is 0.229 e. The molecule has 3 heterocycles. The van der Waals surface area contributed by atoms with Gasteiger partial charge in [-0.15, -0.1) is 0 Å². The second-order valence-electron chi connectivity index (χ2n) is 10.2. The second kappa shape index (κ2) is 8.75. The van der Waals surface area contributed by atoms with Crippen molar-refractivity contribution in [2.24, 2.45) is 11.8 Å². The Bertz CT molecular complexity index is 1140. The molecule has 10 heteroatoms. The number of carbonyl (C=O) groups is 2. The third-order valence-corrected chi connectivity index (χ3v) is 7.98. The molecule has 5 fully saturated rings. The number of aromatic nitrogens is 2. The first-order valence-electron chi connectivity index (χ1n) is 12.5. The van der Waals surface area contributed by atoms with Gasteiger partial charge in [0.1, 0.15) is 11.6 Å². The minimum atomic E-state index is -0.302. The largest absolute Gasteiger partial charge is 0.367 e. The van der Waals surface area contributed by atoms with E-state index in [4.69, 9.17) is 4.98 Å². The number of benzene rings is 1. The van der Waals surface area contributed by atoms with Gasteiger partial charge in [-0.1, -0.05) is 0 Å². The maximum absolute atomic E-state index is 14.9. The molecule has 184 valence electrons. The van der Waals surface area contributed by atoms with Gasteiger partial charge in [-0.2, -0.15) is 4.98 Å². The number of hydrogen-bond acceptors (Lipinski definition) is 7. The summed E-state index contributed by atoms with van der Waals surface area (Å²) in [7, 11) is 0. The number of anilines is 4. The molecular formula is C25H30FN7O2. The molecule has 1 atom stereocenters. The van der Waals surface area contributed by atoms with Gasteiger partial charge in [-0.25, -0.2) is 9.37 Å². The van der Waals surface area contributed by atoms with Crippen LogP contribution >= 0.6 is 0 Å². The monoisotopic (exact) mass is 479 g/mol. The molecule has 1 aromatic carbocycles. The van der Waals surface area contributed by atoms with Crippen molar-refractivity contribution in [3.05, 3.63) is 35.8 Å². The van der Waals surface area contributed by atoms with Crippen molar-refractivity contribution in [3.8, 4) is 0 Å². The summed E-state index contributed by atoms with van der Waals surface area (Å²) >= 11 is 0. The van der Waals surface area contributed by atoms with E-state index in [2.05, 4.69) is 20.9 Å². The first-order chi connectivity index (χ1) is 17.0. The lowest BCUT2D eigenvalue weighted by Crippen LogP contribution is -2.68.